The van der Waals surface area contributed by atoms with Gasteiger partial charge in [-0.2, -0.15) is 0 Å². The largest absolute Gasteiger partial charge is 0.317 e. The van der Waals surface area contributed by atoms with Gasteiger partial charge in [0.05, 0.1) is 0 Å². The SMILES string of the molecule is Cc1ccc(C2(CN3CCNC[C@@H]3c3ccccc3)CCNCC2)nc1. The molecule has 2 aromatic rings. The lowest BCUT2D eigenvalue weighted by molar-refractivity contribution is 0.106. The minimum Gasteiger partial charge on any atom is -0.317 e. The van der Waals surface area contributed by atoms with Gasteiger partial charge in [0.15, 0.2) is 0 Å². The predicted octanol–water partition coefficient (Wildman–Crippen LogP) is 2.66. The first-order valence-electron chi connectivity index (χ1n) is 9.90. The van der Waals surface area contributed by atoms with Crippen molar-refractivity contribution in [2.24, 2.45) is 0 Å². The standard InChI is InChI=1S/C22H30N4/c1-18-7-8-21(25-15-18)22(9-11-23-12-10-22)17-26-14-13-24-16-20(26)19-5-3-2-4-6-19/h2-8,15,20,23-24H,9-14,16-17H2,1H3/t20-/m1/s1. The van der Waals surface area contributed by atoms with Crippen LogP contribution < -0.4 is 10.6 Å². The molecular weight excluding hydrogens is 320 g/mol. The first-order chi connectivity index (χ1) is 12.8. The van der Waals surface area contributed by atoms with Crippen LogP contribution in [0.25, 0.3) is 0 Å². The number of piperazine rings is 1. The summed E-state index contributed by atoms with van der Waals surface area (Å²) in [7, 11) is 0. The molecule has 3 heterocycles. The zero-order valence-corrected chi connectivity index (χ0v) is 15.7. The van der Waals surface area contributed by atoms with Gasteiger partial charge in [0.1, 0.15) is 0 Å². The van der Waals surface area contributed by atoms with E-state index in [0.29, 0.717) is 6.04 Å². The van der Waals surface area contributed by atoms with Crippen LogP contribution in [0.1, 0.15) is 35.7 Å². The first kappa shape index (κ1) is 17.7. The quantitative estimate of drug-likeness (QED) is 0.889. The number of nitrogens with one attached hydrogen (secondary N) is 2. The summed E-state index contributed by atoms with van der Waals surface area (Å²) in [5, 5.41) is 7.13. The maximum absolute atomic E-state index is 4.87. The molecule has 0 radical (unpaired) electrons. The van der Waals surface area contributed by atoms with E-state index in [1.54, 1.807) is 0 Å². The average molecular weight is 351 g/mol. The van der Waals surface area contributed by atoms with Crippen molar-refractivity contribution in [2.75, 3.05) is 39.3 Å². The van der Waals surface area contributed by atoms with Gasteiger partial charge in [0, 0.05) is 49.5 Å². The molecule has 4 nitrogen and oxygen atoms in total. The molecule has 4 rings (SSSR count). The highest BCUT2D eigenvalue weighted by Gasteiger charge is 2.39. The Morgan fingerprint density at radius 1 is 1.04 bits per heavy atom. The van der Waals surface area contributed by atoms with Gasteiger partial charge in [-0.25, -0.2) is 0 Å². The molecule has 0 unspecified atom stereocenters. The van der Waals surface area contributed by atoms with E-state index < -0.39 is 0 Å². The van der Waals surface area contributed by atoms with Gasteiger partial charge in [-0.15, -0.1) is 0 Å². The molecule has 0 spiro atoms. The number of aromatic nitrogens is 1. The van der Waals surface area contributed by atoms with E-state index in [1.165, 1.54) is 16.8 Å². The molecule has 0 saturated carbocycles. The molecule has 0 aliphatic carbocycles. The fourth-order valence-electron chi connectivity index (χ4n) is 4.51. The topological polar surface area (TPSA) is 40.2 Å². The van der Waals surface area contributed by atoms with Crippen molar-refractivity contribution in [2.45, 2.75) is 31.2 Å². The molecule has 1 aromatic heterocycles. The number of pyridine rings is 1. The summed E-state index contributed by atoms with van der Waals surface area (Å²) < 4.78 is 0. The second-order valence-corrected chi connectivity index (χ2v) is 7.85. The van der Waals surface area contributed by atoms with Crippen LogP contribution in [-0.4, -0.2) is 49.2 Å². The van der Waals surface area contributed by atoms with Crippen LogP contribution >= 0.6 is 0 Å². The van der Waals surface area contributed by atoms with Crippen molar-refractivity contribution in [3.05, 3.63) is 65.5 Å². The number of piperidine rings is 1. The highest BCUT2D eigenvalue weighted by atomic mass is 15.2. The van der Waals surface area contributed by atoms with Crippen molar-refractivity contribution in [3.8, 4) is 0 Å². The molecule has 138 valence electrons. The van der Waals surface area contributed by atoms with Crippen molar-refractivity contribution < 1.29 is 0 Å². The summed E-state index contributed by atoms with van der Waals surface area (Å²) in [6.07, 6.45) is 4.36. The maximum atomic E-state index is 4.87. The summed E-state index contributed by atoms with van der Waals surface area (Å²) in [5.41, 5.74) is 4.08. The van der Waals surface area contributed by atoms with Gasteiger partial charge in [-0.1, -0.05) is 36.4 Å². The summed E-state index contributed by atoms with van der Waals surface area (Å²) in [5.74, 6) is 0. The third kappa shape index (κ3) is 3.68. The van der Waals surface area contributed by atoms with Crippen LogP contribution in [0.3, 0.4) is 0 Å². The minimum absolute atomic E-state index is 0.156. The lowest BCUT2D eigenvalue weighted by Crippen LogP contribution is -2.53. The molecule has 2 saturated heterocycles. The monoisotopic (exact) mass is 350 g/mol. The molecule has 2 aliphatic rings. The Labute approximate surface area is 157 Å². The molecule has 26 heavy (non-hydrogen) atoms. The van der Waals surface area contributed by atoms with Gasteiger partial charge in [0.2, 0.25) is 0 Å². The van der Waals surface area contributed by atoms with Gasteiger partial charge >= 0.3 is 0 Å². The molecule has 2 aliphatic heterocycles. The number of nitrogens with zero attached hydrogens (tertiary/aromatic N) is 2. The van der Waals surface area contributed by atoms with E-state index in [0.717, 1.165) is 52.1 Å². The van der Waals surface area contributed by atoms with Crippen LogP contribution in [-0.2, 0) is 5.41 Å². The van der Waals surface area contributed by atoms with E-state index in [9.17, 15) is 0 Å². The maximum Gasteiger partial charge on any atom is 0.0479 e. The normalized spacial score (nSPS) is 23.7. The second kappa shape index (κ2) is 7.87. The average Bonchev–Trinajstić information content (AvgIpc) is 2.70. The van der Waals surface area contributed by atoms with Crippen molar-refractivity contribution >= 4 is 0 Å². The molecule has 2 N–H and O–H groups in total. The molecule has 0 amide bonds. The third-order valence-electron chi connectivity index (χ3n) is 6.06. The summed E-state index contributed by atoms with van der Waals surface area (Å²) in [6, 6.07) is 15.9. The first-order valence-corrected chi connectivity index (χ1v) is 9.90. The fraction of sp³-hybridized carbons (Fsp3) is 0.500. The molecule has 0 bridgehead atoms. The second-order valence-electron chi connectivity index (χ2n) is 7.85. The number of hydrogen-bond acceptors (Lipinski definition) is 4. The van der Waals surface area contributed by atoms with Crippen LogP contribution in [0, 0.1) is 6.92 Å². The summed E-state index contributed by atoms with van der Waals surface area (Å²) >= 11 is 0. The zero-order valence-electron chi connectivity index (χ0n) is 15.7. The van der Waals surface area contributed by atoms with Gasteiger partial charge < -0.3 is 10.6 Å². The van der Waals surface area contributed by atoms with Gasteiger partial charge in [-0.05, 0) is 50.0 Å². The molecular formula is C22H30N4. The van der Waals surface area contributed by atoms with E-state index >= 15 is 0 Å². The lowest BCUT2D eigenvalue weighted by Gasteiger charge is -2.45. The highest BCUT2D eigenvalue weighted by Crippen LogP contribution is 2.36. The van der Waals surface area contributed by atoms with Crippen LogP contribution in [0.2, 0.25) is 0 Å². The molecule has 1 atom stereocenters. The van der Waals surface area contributed by atoms with E-state index in [4.69, 9.17) is 4.98 Å². The van der Waals surface area contributed by atoms with Crippen LogP contribution in [0.5, 0.6) is 0 Å². The van der Waals surface area contributed by atoms with E-state index in [-0.39, 0.29) is 5.41 Å². The fourth-order valence-corrected chi connectivity index (χ4v) is 4.51. The van der Waals surface area contributed by atoms with E-state index in [2.05, 4.69) is 64.9 Å². The Morgan fingerprint density at radius 2 is 1.85 bits per heavy atom. The van der Waals surface area contributed by atoms with Crippen LogP contribution in [0.4, 0.5) is 0 Å². The number of aryl methyl sites for hydroxylation is 1. The lowest BCUT2D eigenvalue weighted by atomic mass is 9.74. The smallest absolute Gasteiger partial charge is 0.0479 e. The highest BCUT2D eigenvalue weighted by molar-refractivity contribution is 5.24. The van der Waals surface area contributed by atoms with Gasteiger partial charge in [-0.3, -0.25) is 9.88 Å². The van der Waals surface area contributed by atoms with Gasteiger partial charge in [0.25, 0.3) is 0 Å². The summed E-state index contributed by atoms with van der Waals surface area (Å²) in [6.45, 7) is 8.56. The predicted molar refractivity (Wildman–Crippen MR) is 106 cm³/mol. The summed E-state index contributed by atoms with van der Waals surface area (Å²) in [4.78, 5) is 7.56. The minimum atomic E-state index is 0.156. The number of hydrogen-bond donors (Lipinski definition) is 2. The Balaban J connectivity index is 1.62. The molecule has 4 heteroatoms. The number of benzene rings is 1. The van der Waals surface area contributed by atoms with Crippen molar-refractivity contribution in [3.63, 3.8) is 0 Å². The Kier molecular flexibility index (Phi) is 5.34. The third-order valence-corrected chi connectivity index (χ3v) is 6.06. The van der Waals surface area contributed by atoms with E-state index in [1.807, 2.05) is 6.20 Å². The molecule has 2 fully saturated rings. The zero-order chi connectivity index (χ0) is 17.8. The Bertz CT molecular complexity index is 692. The Morgan fingerprint density at radius 3 is 2.58 bits per heavy atom. The number of rotatable bonds is 4. The Hall–Kier alpha value is -1.75. The van der Waals surface area contributed by atoms with Crippen LogP contribution in [0.15, 0.2) is 48.7 Å². The van der Waals surface area contributed by atoms with Crippen molar-refractivity contribution in [1.29, 1.82) is 0 Å². The van der Waals surface area contributed by atoms with Crippen molar-refractivity contribution in [1.82, 2.24) is 20.5 Å². The molecule has 1 aromatic carbocycles.